The molecule has 0 saturated heterocycles. The van der Waals surface area contributed by atoms with Crippen LogP contribution in [0.15, 0.2) is 98.0 Å². The van der Waals surface area contributed by atoms with Gasteiger partial charge in [0.1, 0.15) is 0 Å². The molecule has 60 heavy (non-hydrogen) atoms. The van der Waals surface area contributed by atoms with E-state index in [1.807, 2.05) is 33.8 Å². The van der Waals surface area contributed by atoms with E-state index in [9.17, 15) is 26.4 Å². The normalized spacial score (nSPS) is 16.1. The summed E-state index contributed by atoms with van der Waals surface area (Å²) in [5.74, 6) is -0.429. The summed E-state index contributed by atoms with van der Waals surface area (Å²) >= 11 is 6.78. The monoisotopic (exact) mass is 982 g/mol. The van der Waals surface area contributed by atoms with Crippen LogP contribution in [0.1, 0.15) is 76.5 Å². The molecule has 2 aromatic carbocycles. The van der Waals surface area contributed by atoms with Crippen molar-refractivity contribution < 1.29 is 35.9 Å². The number of rotatable bonds is 12. The second-order valence-corrected chi connectivity index (χ2v) is 20.7. The summed E-state index contributed by atoms with van der Waals surface area (Å²) in [7, 11) is -8.11. The SMILES string of the molecule is CC(C)Oc1ncc(Br)cc1C1(C(=O)NS(=O)(=O)c2cccc3c2CCCN3)CC1.CC(C)Oc1ncc(Br)cc1C1(C(=O)NS(=O)(=O)c2cccc3ncccc23)CC1. The van der Waals surface area contributed by atoms with Crippen molar-refractivity contribution in [2.45, 2.75) is 99.0 Å². The van der Waals surface area contributed by atoms with Crippen molar-refractivity contribution in [3.05, 3.63) is 105 Å². The molecule has 0 spiro atoms. The number of ether oxygens (including phenoxy) is 2. The average molecular weight is 985 g/mol. The highest BCUT2D eigenvalue weighted by molar-refractivity contribution is 9.10. The summed E-state index contributed by atoms with van der Waals surface area (Å²) in [6.07, 6.45) is 8.13. The molecule has 4 heterocycles. The first kappa shape index (κ1) is 43.4. The molecule has 2 amide bonds. The molecule has 3 aromatic heterocycles. The number of pyridine rings is 3. The maximum absolute atomic E-state index is 13.2. The highest BCUT2D eigenvalue weighted by Gasteiger charge is 2.56. The lowest BCUT2D eigenvalue weighted by atomic mass is 9.96. The number of aromatic nitrogens is 3. The van der Waals surface area contributed by atoms with Crippen LogP contribution in [0, 0.1) is 0 Å². The van der Waals surface area contributed by atoms with Crippen molar-refractivity contribution in [1.82, 2.24) is 24.4 Å². The van der Waals surface area contributed by atoms with Gasteiger partial charge in [-0.2, -0.15) is 0 Å². The molecule has 2 fully saturated rings. The molecule has 0 atom stereocenters. The number of halogens is 2. The number of amides is 2. The van der Waals surface area contributed by atoms with Crippen molar-refractivity contribution in [3.63, 3.8) is 0 Å². The standard InChI is InChI=1S/C21H24BrN3O4S.C21H20BrN3O4S/c2*1-13(2)29-19-16(11-14(22)12-24-19)21(8-9-21)20(26)25-30(27,28)18-7-3-6-17-15(18)5-4-10-23-17/h3,6-7,11-13,23H,4-5,8-10H2,1-2H3,(H,25,26);3-7,10-13H,8-9H2,1-2H3,(H,25,26). The maximum Gasteiger partial charge on any atom is 0.264 e. The molecule has 14 nitrogen and oxygen atoms in total. The zero-order valence-corrected chi connectivity index (χ0v) is 38.1. The molecule has 2 saturated carbocycles. The number of fused-ring (bicyclic) bond motifs is 2. The smallest absolute Gasteiger partial charge is 0.264 e. The summed E-state index contributed by atoms with van der Waals surface area (Å²) in [6, 6.07) is 16.8. The van der Waals surface area contributed by atoms with Gasteiger partial charge < -0.3 is 14.8 Å². The van der Waals surface area contributed by atoms with Crippen molar-refractivity contribution in [2.75, 3.05) is 11.9 Å². The van der Waals surface area contributed by atoms with E-state index in [1.165, 1.54) is 6.07 Å². The van der Waals surface area contributed by atoms with Crippen LogP contribution in [-0.4, -0.2) is 62.4 Å². The minimum Gasteiger partial charge on any atom is -0.475 e. The molecule has 0 unspecified atom stereocenters. The Bertz CT molecular complexity index is 2700. The van der Waals surface area contributed by atoms with E-state index < -0.39 is 42.7 Å². The number of anilines is 1. The molecule has 18 heteroatoms. The molecule has 0 radical (unpaired) electrons. The van der Waals surface area contributed by atoms with E-state index in [0.29, 0.717) is 74.8 Å². The van der Waals surface area contributed by atoms with E-state index >= 15 is 0 Å². The van der Waals surface area contributed by atoms with E-state index in [0.717, 1.165) is 24.2 Å². The van der Waals surface area contributed by atoms with E-state index in [2.05, 4.69) is 61.6 Å². The largest absolute Gasteiger partial charge is 0.475 e. The van der Waals surface area contributed by atoms with Gasteiger partial charge in [-0.1, -0.05) is 12.1 Å². The van der Waals surface area contributed by atoms with Crippen LogP contribution in [0.4, 0.5) is 5.69 Å². The van der Waals surface area contributed by atoms with Crippen LogP contribution in [0.3, 0.4) is 0 Å². The first-order chi connectivity index (χ1) is 28.5. The van der Waals surface area contributed by atoms with Crippen molar-refractivity contribution in [3.8, 4) is 11.8 Å². The van der Waals surface area contributed by atoms with Gasteiger partial charge in [-0.15, -0.1) is 0 Å². The summed E-state index contributed by atoms with van der Waals surface area (Å²) < 4.78 is 70.0. The van der Waals surface area contributed by atoms with Crippen LogP contribution in [-0.2, 0) is 46.9 Å². The number of nitrogens with one attached hydrogen (secondary N) is 3. The van der Waals surface area contributed by atoms with Gasteiger partial charge in [-0.05, 0) is 152 Å². The molecule has 3 N–H and O–H groups in total. The van der Waals surface area contributed by atoms with Gasteiger partial charge in [0.2, 0.25) is 23.6 Å². The van der Waals surface area contributed by atoms with Gasteiger partial charge in [0, 0.05) is 56.3 Å². The second kappa shape index (κ2) is 17.0. The van der Waals surface area contributed by atoms with Gasteiger partial charge in [0.15, 0.2) is 0 Å². The number of carbonyl (C=O) groups is 2. The third kappa shape index (κ3) is 9.02. The Balaban J connectivity index is 0.000000181. The highest BCUT2D eigenvalue weighted by Crippen LogP contribution is 2.53. The number of benzene rings is 2. The molecule has 0 bridgehead atoms. The average Bonchev–Trinajstić information content (AvgIpc) is 4.14. The van der Waals surface area contributed by atoms with Gasteiger partial charge in [-0.3, -0.25) is 14.6 Å². The quantitative estimate of drug-likeness (QED) is 0.114. The summed E-state index contributed by atoms with van der Waals surface area (Å²) in [5, 5.41) is 3.68. The third-order valence-corrected chi connectivity index (χ3v) is 14.1. The van der Waals surface area contributed by atoms with Gasteiger partial charge in [0.25, 0.3) is 20.0 Å². The summed E-state index contributed by atoms with van der Waals surface area (Å²) in [6.45, 7) is 8.30. The number of carbonyl (C=O) groups excluding carboxylic acids is 2. The molecule has 8 rings (SSSR count). The highest BCUT2D eigenvalue weighted by atomic mass is 79.9. The fraction of sp³-hybridized carbons (Fsp3) is 0.357. The number of nitrogens with zero attached hydrogens (tertiary/aromatic N) is 3. The van der Waals surface area contributed by atoms with Crippen molar-refractivity contribution in [1.29, 1.82) is 0 Å². The van der Waals surface area contributed by atoms with E-state index in [4.69, 9.17) is 9.47 Å². The summed E-state index contributed by atoms with van der Waals surface area (Å²) in [5.41, 5.74) is 1.31. The van der Waals surface area contributed by atoms with Crippen molar-refractivity contribution in [2.24, 2.45) is 0 Å². The molecule has 1 aliphatic heterocycles. The lowest BCUT2D eigenvalue weighted by molar-refractivity contribution is -0.122. The second-order valence-electron chi connectivity index (χ2n) is 15.5. The Hall–Kier alpha value is -4.65. The number of sulfonamides is 2. The van der Waals surface area contributed by atoms with Crippen LogP contribution in [0.5, 0.6) is 11.8 Å². The molecule has 2 aliphatic carbocycles. The topological polar surface area (TPSA) is 196 Å². The Kier molecular flexibility index (Phi) is 12.3. The first-order valence-electron chi connectivity index (χ1n) is 19.5. The van der Waals surface area contributed by atoms with Gasteiger partial charge in [0.05, 0.1) is 38.3 Å². The van der Waals surface area contributed by atoms with Gasteiger partial charge in [-0.25, -0.2) is 36.2 Å². The molecule has 316 valence electrons. The summed E-state index contributed by atoms with van der Waals surface area (Å²) in [4.78, 5) is 39.4. The zero-order chi connectivity index (χ0) is 43.0. The Morgan fingerprint density at radius 2 is 1.23 bits per heavy atom. The van der Waals surface area contributed by atoms with Crippen LogP contribution >= 0.6 is 31.9 Å². The minimum atomic E-state index is -4.10. The fourth-order valence-electron chi connectivity index (χ4n) is 7.25. The van der Waals surface area contributed by atoms with Gasteiger partial charge >= 0.3 is 0 Å². The Labute approximate surface area is 366 Å². The predicted octanol–water partition coefficient (Wildman–Crippen LogP) is 7.24. The molecular formula is C42H44Br2N6O8S2. The molecule has 5 aromatic rings. The lowest BCUT2D eigenvalue weighted by Crippen LogP contribution is -2.39. The van der Waals surface area contributed by atoms with E-state index in [1.54, 1.807) is 67.1 Å². The zero-order valence-electron chi connectivity index (χ0n) is 33.3. The Morgan fingerprint density at radius 3 is 1.77 bits per heavy atom. The maximum atomic E-state index is 13.2. The fourth-order valence-corrected chi connectivity index (χ4v) is 10.5. The van der Waals surface area contributed by atoms with E-state index in [-0.39, 0.29) is 22.0 Å². The lowest BCUT2D eigenvalue weighted by Gasteiger charge is -2.23. The number of hydrogen-bond donors (Lipinski definition) is 3. The Morgan fingerprint density at radius 1 is 0.717 bits per heavy atom. The minimum absolute atomic E-state index is 0.0169. The predicted molar refractivity (Wildman–Crippen MR) is 233 cm³/mol. The van der Waals surface area contributed by atoms with Crippen LogP contribution < -0.4 is 24.2 Å². The first-order valence-corrected chi connectivity index (χ1v) is 24.0. The van der Waals surface area contributed by atoms with Crippen molar-refractivity contribution >= 4 is 80.3 Å². The molecule has 3 aliphatic rings. The number of hydrogen-bond acceptors (Lipinski definition) is 12. The van der Waals surface area contributed by atoms with Crippen LogP contribution in [0.25, 0.3) is 10.9 Å². The van der Waals surface area contributed by atoms with Crippen LogP contribution in [0.2, 0.25) is 0 Å². The molecular weight excluding hydrogens is 940 g/mol. The third-order valence-electron chi connectivity index (χ3n) is 10.4.